The van der Waals surface area contributed by atoms with Crippen LogP contribution in [0.25, 0.3) is 11.1 Å². The van der Waals surface area contributed by atoms with Gasteiger partial charge >= 0.3 is 0 Å². The number of carbonyl (C=O) groups excluding carboxylic acids is 1. The maximum Gasteiger partial charge on any atom is 0.165 e. The summed E-state index contributed by atoms with van der Waals surface area (Å²) in [6.45, 7) is 0. The zero-order valence-corrected chi connectivity index (χ0v) is 9.13. The number of para-hydroxylation sites is 1. The van der Waals surface area contributed by atoms with Crippen LogP contribution in [0.1, 0.15) is 5.56 Å². The van der Waals surface area contributed by atoms with Gasteiger partial charge < -0.3 is 15.0 Å². The van der Waals surface area contributed by atoms with Gasteiger partial charge in [0, 0.05) is 12.0 Å². The number of hydrogen-bond donors (Lipinski definition) is 2. The molecular formula is C14H12O3. The minimum Gasteiger partial charge on any atom is -0.504 e. The molecule has 0 fully saturated rings. The van der Waals surface area contributed by atoms with E-state index in [1.807, 2.05) is 24.3 Å². The second-order valence-corrected chi connectivity index (χ2v) is 3.74. The average molecular weight is 228 g/mol. The number of hydrogen-bond acceptors (Lipinski definition) is 3. The summed E-state index contributed by atoms with van der Waals surface area (Å²) in [4.78, 5) is 10.4. The van der Waals surface area contributed by atoms with Gasteiger partial charge in [0.1, 0.15) is 6.29 Å². The zero-order valence-electron chi connectivity index (χ0n) is 9.13. The van der Waals surface area contributed by atoms with Crippen molar-refractivity contribution in [2.75, 3.05) is 0 Å². The Bertz CT molecular complexity index is 530. The molecule has 0 aliphatic heterocycles. The average Bonchev–Trinajstić information content (AvgIpc) is 2.34. The second kappa shape index (κ2) is 4.70. The molecule has 0 heterocycles. The van der Waals surface area contributed by atoms with Gasteiger partial charge in [-0.2, -0.15) is 0 Å². The lowest BCUT2D eigenvalue weighted by Gasteiger charge is -2.06. The van der Waals surface area contributed by atoms with E-state index in [-0.39, 0.29) is 11.5 Å². The lowest BCUT2D eigenvalue weighted by molar-refractivity contribution is -0.107. The quantitative estimate of drug-likeness (QED) is 0.626. The van der Waals surface area contributed by atoms with E-state index in [4.69, 9.17) is 0 Å². The van der Waals surface area contributed by atoms with E-state index in [1.165, 1.54) is 6.07 Å². The monoisotopic (exact) mass is 228 g/mol. The summed E-state index contributed by atoms with van der Waals surface area (Å²) in [7, 11) is 0. The molecule has 2 N–H and O–H groups in total. The van der Waals surface area contributed by atoms with Gasteiger partial charge in [0.05, 0.1) is 0 Å². The highest BCUT2D eigenvalue weighted by molar-refractivity contribution is 5.73. The first-order valence-electron chi connectivity index (χ1n) is 5.26. The van der Waals surface area contributed by atoms with E-state index in [2.05, 4.69) is 0 Å². The normalized spacial score (nSPS) is 10.1. The summed E-state index contributed by atoms with van der Waals surface area (Å²) in [6.07, 6.45) is 1.23. The standard InChI is InChI=1S/C14H12O3/c15-9-8-10-4-6-11(7-5-10)12-2-1-3-13(16)14(12)17/h1-7,9,16-17H,8H2. The van der Waals surface area contributed by atoms with E-state index in [1.54, 1.807) is 12.1 Å². The maximum absolute atomic E-state index is 10.4. The summed E-state index contributed by atoms with van der Waals surface area (Å²) in [6, 6.07) is 12.1. The molecule has 2 aromatic rings. The molecule has 0 unspecified atom stereocenters. The van der Waals surface area contributed by atoms with Crippen LogP contribution in [-0.4, -0.2) is 16.5 Å². The number of phenols is 2. The Morgan fingerprint density at radius 1 is 1.00 bits per heavy atom. The summed E-state index contributed by atoms with van der Waals surface area (Å²) < 4.78 is 0. The highest BCUT2D eigenvalue weighted by Crippen LogP contribution is 2.35. The zero-order chi connectivity index (χ0) is 12.3. The summed E-state index contributed by atoms with van der Waals surface area (Å²) in [5, 5.41) is 19.1. The van der Waals surface area contributed by atoms with E-state index >= 15 is 0 Å². The summed E-state index contributed by atoms with van der Waals surface area (Å²) in [5.74, 6) is -0.268. The van der Waals surface area contributed by atoms with E-state index < -0.39 is 0 Å². The lowest BCUT2D eigenvalue weighted by atomic mass is 10.0. The highest BCUT2D eigenvalue weighted by Gasteiger charge is 2.07. The molecule has 86 valence electrons. The first-order valence-corrected chi connectivity index (χ1v) is 5.26. The smallest absolute Gasteiger partial charge is 0.165 e. The third-order valence-electron chi connectivity index (χ3n) is 2.60. The van der Waals surface area contributed by atoms with Crippen LogP contribution in [0.5, 0.6) is 11.5 Å². The predicted octanol–water partition coefficient (Wildman–Crippen LogP) is 2.51. The molecule has 0 aromatic heterocycles. The largest absolute Gasteiger partial charge is 0.504 e. The molecule has 0 saturated heterocycles. The molecule has 0 aliphatic rings. The Balaban J connectivity index is 2.39. The van der Waals surface area contributed by atoms with Crippen molar-refractivity contribution >= 4 is 6.29 Å². The van der Waals surface area contributed by atoms with Crippen molar-refractivity contribution in [3.05, 3.63) is 48.0 Å². The minimum absolute atomic E-state index is 0.129. The number of rotatable bonds is 3. The van der Waals surface area contributed by atoms with E-state index in [0.717, 1.165) is 17.4 Å². The molecule has 0 saturated carbocycles. The molecule has 0 amide bonds. The molecule has 17 heavy (non-hydrogen) atoms. The van der Waals surface area contributed by atoms with Gasteiger partial charge in [-0.15, -0.1) is 0 Å². The fourth-order valence-electron chi connectivity index (χ4n) is 1.68. The first kappa shape index (κ1) is 11.2. The van der Waals surface area contributed by atoms with Crippen molar-refractivity contribution in [1.29, 1.82) is 0 Å². The van der Waals surface area contributed by atoms with E-state index in [0.29, 0.717) is 12.0 Å². The van der Waals surface area contributed by atoms with Crippen molar-refractivity contribution in [1.82, 2.24) is 0 Å². The third-order valence-corrected chi connectivity index (χ3v) is 2.60. The molecule has 0 aliphatic carbocycles. The van der Waals surface area contributed by atoms with Crippen LogP contribution in [0.2, 0.25) is 0 Å². The molecule has 2 rings (SSSR count). The van der Waals surface area contributed by atoms with Crippen molar-refractivity contribution in [3.63, 3.8) is 0 Å². The van der Waals surface area contributed by atoms with Crippen molar-refractivity contribution in [2.24, 2.45) is 0 Å². The van der Waals surface area contributed by atoms with Gasteiger partial charge in [0.2, 0.25) is 0 Å². The molecule has 3 nitrogen and oxygen atoms in total. The van der Waals surface area contributed by atoms with Gasteiger partial charge in [-0.3, -0.25) is 0 Å². The number of aromatic hydroxyl groups is 2. The topological polar surface area (TPSA) is 57.5 Å². The van der Waals surface area contributed by atoms with Crippen LogP contribution in [0, 0.1) is 0 Å². The molecular weight excluding hydrogens is 216 g/mol. The number of phenolic OH excluding ortho intramolecular Hbond substituents is 2. The molecule has 2 aromatic carbocycles. The summed E-state index contributed by atoms with van der Waals surface area (Å²) in [5.41, 5.74) is 2.29. The molecule has 0 atom stereocenters. The summed E-state index contributed by atoms with van der Waals surface area (Å²) >= 11 is 0. The predicted molar refractivity (Wildman–Crippen MR) is 65.0 cm³/mol. The van der Waals surface area contributed by atoms with Gasteiger partial charge in [-0.05, 0) is 17.2 Å². The van der Waals surface area contributed by atoms with Gasteiger partial charge in [-0.25, -0.2) is 0 Å². The second-order valence-electron chi connectivity index (χ2n) is 3.74. The van der Waals surface area contributed by atoms with Crippen LogP contribution in [0.4, 0.5) is 0 Å². The van der Waals surface area contributed by atoms with Crippen LogP contribution in [0.3, 0.4) is 0 Å². The van der Waals surface area contributed by atoms with Crippen LogP contribution >= 0.6 is 0 Å². The van der Waals surface area contributed by atoms with Crippen LogP contribution in [-0.2, 0) is 11.2 Å². The SMILES string of the molecule is O=CCc1ccc(-c2cccc(O)c2O)cc1. The molecule has 3 heteroatoms. The van der Waals surface area contributed by atoms with Crippen LogP contribution < -0.4 is 0 Å². The Morgan fingerprint density at radius 3 is 2.35 bits per heavy atom. The van der Waals surface area contributed by atoms with Crippen molar-refractivity contribution < 1.29 is 15.0 Å². The van der Waals surface area contributed by atoms with E-state index in [9.17, 15) is 15.0 Å². The molecule has 0 spiro atoms. The number of carbonyl (C=O) groups is 1. The van der Waals surface area contributed by atoms with Crippen molar-refractivity contribution in [2.45, 2.75) is 6.42 Å². The fourth-order valence-corrected chi connectivity index (χ4v) is 1.68. The van der Waals surface area contributed by atoms with Crippen LogP contribution in [0.15, 0.2) is 42.5 Å². The van der Waals surface area contributed by atoms with Crippen molar-refractivity contribution in [3.8, 4) is 22.6 Å². The Labute approximate surface area is 99.0 Å². The highest BCUT2D eigenvalue weighted by atomic mass is 16.3. The number of benzene rings is 2. The molecule has 0 bridgehead atoms. The van der Waals surface area contributed by atoms with Gasteiger partial charge in [-0.1, -0.05) is 36.4 Å². The Kier molecular flexibility index (Phi) is 3.10. The number of aldehydes is 1. The minimum atomic E-state index is -0.139. The lowest BCUT2D eigenvalue weighted by Crippen LogP contribution is -1.86. The molecule has 0 radical (unpaired) electrons. The van der Waals surface area contributed by atoms with Gasteiger partial charge in [0.15, 0.2) is 11.5 Å². The fraction of sp³-hybridized carbons (Fsp3) is 0.0714. The Morgan fingerprint density at radius 2 is 1.71 bits per heavy atom. The van der Waals surface area contributed by atoms with Gasteiger partial charge in [0.25, 0.3) is 0 Å². The first-order chi connectivity index (χ1) is 8.22. The third kappa shape index (κ3) is 2.28. The Hall–Kier alpha value is -2.29. The maximum atomic E-state index is 10.4.